The maximum absolute atomic E-state index is 14.2. The highest BCUT2D eigenvalue weighted by Crippen LogP contribution is 2.36. The van der Waals surface area contributed by atoms with E-state index in [9.17, 15) is 26.7 Å². The minimum absolute atomic E-state index is 0.0258. The van der Waals surface area contributed by atoms with Crippen molar-refractivity contribution in [3.63, 3.8) is 0 Å². The topological polar surface area (TPSA) is 37.6 Å². The number of hydrogen-bond donors (Lipinski definition) is 0. The molecule has 1 aromatic heterocycles. The van der Waals surface area contributed by atoms with Gasteiger partial charge in [0.1, 0.15) is 5.69 Å². The molecule has 1 aliphatic carbocycles. The van der Waals surface area contributed by atoms with E-state index in [0.717, 1.165) is 42.6 Å². The Balaban J connectivity index is 1.73. The Labute approximate surface area is 182 Å². The molecule has 0 radical (unpaired) electrons. The molecule has 0 spiro atoms. The zero-order valence-corrected chi connectivity index (χ0v) is 17.9. The third-order valence-electron chi connectivity index (χ3n) is 6.22. The zero-order chi connectivity index (χ0) is 23.3. The molecule has 0 N–H and O–H groups in total. The van der Waals surface area contributed by atoms with Gasteiger partial charge in [-0.1, -0.05) is 19.3 Å². The molecule has 9 heteroatoms. The van der Waals surface area contributed by atoms with E-state index in [0.29, 0.717) is 6.04 Å². The van der Waals surface area contributed by atoms with Gasteiger partial charge in [0.15, 0.2) is 23.3 Å². The average Bonchev–Trinajstić information content (AvgIpc) is 3.21. The number of hydrogen-bond acceptors (Lipinski definition) is 2. The third-order valence-corrected chi connectivity index (χ3v) is 6.22. The number of anilines is 1. The van der Waals surface area contributed by atoms with Crippen molar-refractivity contribution in [1.29, 1.82) is 0 Å². The summed E-state index contributed by atoms with van der Waals surface area (Å²) < 4.78 is 71.3. The number of amides is 1. The lowest BCUT2D eigenvalue weighted by atomic mass is 9.95. The average molecular weight is 451 g/mol. The number of benzene rings is 1. The third kappa shape index (κ3) is 3.43. The summed E-state index contributed by atoms with van der Waals surface area (Å²) in [5.41, 5.74) is 1.46. The molecule has 1 fully saturated rings. The summed E-state index contributed by atoms with van der Waals surface area (Å²) in [6, 6.07) is 2.29. The number of hydrazone groups is 1. The lowest BCUT2D eigenvalue weighted by molar-refractivity contribution is -0.114. The largest absolute Gasteiger partial charge is 0.346 e. The van der Waals surface area contributed by atoms with Crippen LogP contribution in [0.4, 0.5) is 27.6 Å². The van der Waals surface area contributed by atoms with Crippen molar-refractivity contribution in [3.8, 4) is 0 Å². The molecule has 1 saturated carbocycles. The monoisotopic (exact) mass is 451 g/mol. The number of carbonyl (C=O) groups excluding carboxylic acids is 1. The highest BCUT2D eigenvalue weighted by molar-refractivity contribution is 6.32. The van der Waals surface area contributed by atoms with Crippen LogP contribution in [0.1, 0.15) is 62.0 Å². The van der Waals surface area contributed by atoms with E-state index in [4.69, 9.17) is 0 Å². The minimum atomic E-state index is -2.29. The Hall–Kier alpha value is -2.97. The standard InChI is InChI=1S/C23H22F5N3O/c1-11-9-14(13(3)30(11)15-7-5-4-6-8-15)10-16-12(2)29-31(23(16)32)22-20(27)18(25)17(24)19(26)21(22)28/h9-10,15H,4-8H2,1-3H3/b16-10+. The van der Waals surface area contributed by atoms with Crippen molar-refractivity contribution in [3.05, 3.63) is 57.7 Å². The lowest BCUT2D eigenvalue weighted by Gasteiger charge is -2.26. The van der Waals surface area contributed by atoms with Gasteiger partial charge in [0.2, 0.25) is 5.82 Å². The highest BCUT2D eigenvalue weighted by Gasteiger charge is 2.37. The van der Waals surface area contributed by atoms with E-state index >= 15 is 0 Å². The molecule has 0 bridgehead atoms. The second-order valence-electron chi connectivity index (χ2n) is 8.27. The molecular formula is C23H22F5N3O. The van der Waals surface area contributed by atoms with Crippen LogP contribution < -0.4 is 5.01 Å². The fourth-order valence-electron chi connectivity index (χ4n) is 4.62. The number of halogens is 5. The van der Waals surface area contributed by atoms with E-state index < -0.39 is 40.7 Å². The molecule has 4 rings (SSSR count). The van der Waals surface area contributed by atoms with Crippen LogP contribution in [-0.4, -0.2) is 16.2 Å². The Morgan fingerprint density at radius 3 is 2.06 bits per heavy atom. The van der Waals surface area contributed by atoms with Gasteiger partial charge >= 0.3 is 0 Å². The van der Waals surface area contributed by atoms with Crippen LogP contribution in [0, 0.1) is 42.9 Å². The van der Waals surface area contributed by atoms with Gasteiger partial charge in [-0.15, -0.1) is 0 Å². The fourth-order valence-corrected chi connectivity index (χ4v) is 4.62. The first-order chi connectivity index (χ1) is 15.1. The first kappa shape index (κ1) is 22.2. The summed E-state index contributed by atoms with van der Waals surface area (Å²) in [7, 11) is 0. The molecule has 2 heterocycles. The summed E-state index contributed by atoms with van der Waals surface area (Å²) in [4.78, 5) is 12.9. The number of aryl methyl sites for hydroxylation is 1. The quantitative estimate of drug-likeness (QED) is 0.240. The first-order valence-corrected chi connectivity index (χ1v) is 10.4. The van der Waals surface area contributed by atoms with Crippen LogP contribution in [0.5, 0.6) is 0 Å². The van der Waals surface area contributed by atoms with Gasteiger partial charge in [0.25, 0.3) is 5.91 Å². The summed E-state index contributed by atoms with van der Waals surface area (Å²) in [6.45, 7) is 5.35. The Morgan fingerprint density at radius 2 is 1.47 bits per heavy atom. The maximum Gasteiger partial charge on any atom is 0.280 e. The van der Waals surface area contributed by atoms with Crippen LogP contribution in [0.15, 0.2) is 16.7 Å². The summed E-state index contributed by atoms with van der Waals surface area (Å²) in [5, 5.41) is 4.02. The Morgan fingerprint density at radius 1 is 0.906 bits per heavy atom. The van der Waals surface area contributed by atoms with E-state index in [-0.39, 0.29) is 16.3 Å². The molecular weight excluding hydrogens is 429 g/mol. The van der Waals surface area contributed by atoms with Crippen molar-refractivity contribution in [2.75, 3.05) is 5.01 Å². The molecule has 2 aromatic rings. The molecule has 4 nitrogen and oxygen atoms in total. The van der Waals surface area contributed by atoms with E-state index in [1.807, 2.05) is 19.9 Å². The summed E-state index contributed by atoms with van der Waals surface area (Å²) in [6.07, 6.45) is 7.21. The van der Waals surface area contributed by atoms with Crippen LogP contribution >= 0.6 is 0 Å². The predicted octanol–water partition coefficient (Wildman–Crippen LogP) is 6.11. The molecule has 1 aromatic carbocycles. The Kier molecular flexibility index (Phi) is 5.68. The second kappa shape index (κ2) is 8.18. The fraction of sp³-hybridized carbons (Fsp3) is 0.391. The molecule has 2 aliphatic rings. The minimum Gasteiger partial charge on any atom is -0.346 e. The van der Waals surface area contributed by atoms with Gasteiger partial charge in [-0.3, -0.25) is 4.79 Å². The second-order valence-corrected chi connectivity index (χ2v) is 8.27. The number of nitrogens with zero attached hydrogens (tertiary/aromatic N) is 3. The zero-order valence-electron chi connectivity index (χ0n) is 17.9. The van der Waals surface area contributed by atoms with Crippen molar-refractivity contribution in [1.82, 2.24) is 4.57 Å². The predicted molar refractivity (Wildman–Crippen MR) is 111 cm³/mol. The molecule has 0 saturated heterocycles. The summed E-state index contributed by atoms with van der Waals surface area (Å²) in [5.74, 6) is -11.7. The number of carbonyl (C=O) groups is 1. The Bertz CT molecular complexity index is 1150. The molecule has 0 atom stereocenters. The van der Waals surface area contributed by atoms with Crippen LogP contribution in [0.2, 0.25) is 0 Å². The lowest BCUT2D eigenvalue weighted by Crippen LogP contribution is -2.25. The first-order valence-electron chi connectivity index (χ1n) is 10.4. The van der Waals surface area contributed by atoms with Crippen molar-refractivity contribution < 1.29 is 26.7 Å². The molecule has 1 amide bonds. The van der Waals surface area contributed by atoms with Crippen LogP contribution in [0.3, 0.4) is 0 Å². The SMILES string of the molecule is CC1=NN(c2c(F)c(F)c(F)c(F)c2F)C(=O)/C1=C/c1cc(C)n(C2CCCCC2)c1C. The van der Waals surface area contributed by atoms with Gasteiger partial charge in [-0.05, 0) is 51.3 Å². The van der Waals surface area contributed by atoms with Crippen molar-refractivity contribution in [2.24, 2.45) is 5.10 Å². The molecule has 0 unspecified atom stereocenters. The van der Waals surface area contributed by atoms with Crippen LogP contribution in [0.25, 0.3) is 6.08 Å². The van der Waals surface area contributed by atoms with E-state index in [1.54, 1.807) is 6.08 Å². The number of aromatic nitrogens is 1. The van der Waals surface area contributed by atoms with Gasteiger partial charge in [0.05, 0.1) is 11.3 Å². The molecule has 170 valence electrons. The highest BCUT2D eigenvalue weighted by atomic mass is 19.2. The van der Waals surface area contributed by atoms with Gasteiger partial charge in [0, 0.05) is 17.4 Å². The van der Waals surface area contributed by atoms with Gasteiger partial charge in [-0.25, -0.2) is 22.0 Å². The smallest absolute Gasteiger partial charge is 0.280 e. The molecule has 1 aliphatic heterocycles. The molecule has 32 heavy (non-hydrogen) atoms. The van der Waals surface area contributed by atoms with Gasteiger partial charge < -0.3 is 4.57 Å². The number of rotatable bonds is 3. The normalized spacial score (nSPS) is 18.8. The van der Waals surface area contributed by atoms with Crippen molar-refractivity contribution in [2.45, 2.75) is 58.9 Å². The van der Waals surface area contributed by atoms with Gasteiger partial charge in [-0.2, -0.15) is 10.1 Å². The maximum atomic E-state index is 14.2. The van der Waals surface area contributed by atoms with Crippen molar-refractivity contribution >= 4 is 23.4 Å². The van der Waals surface area contributed by atoms with Crippen LogP contribution in [-0.2, 0) is 4.79 Å². The van der Waals surface area contributed by atoms with E-state index in [2.05, 4.69) is 9.67 Å². The van der Waals surface area contributed by atoms with E-state index in [1.165, 1.54) is 13.3 Å². The summed E-state index contributed by atoms with van der Waals surface area (Å²) >= 11 is 0.